The number of aryl methyl sites for hydroxylation is 1. The minimum absolute atomic E-state index is 0.310. The molecule has 0 bridgehead atoms. The van der Waals surface area contributed by atoms with Gasteiger partial charge in [-0.05, 0) is 32.9 Å². The molecule has 1 aromatic heterocycles. The molecule has 10 heteroatoms. The average Bonchev–Trinajstić information content (AvgIpc) is 3.01. The SMILES string of the molecule is COc1ccc(NC(=O)Nc2c3c(nn2C)CCN(C(=O)OC(C)(C)C)C3)cc1OC. The number of rotatable bonds is 4. The molecule has 1 aromatic carbocycles. The molecule has 0 spiro atoms. The van der Waals surface area contributed by atoms with E-state index in [2.05, 4.69) is 15.7 Å². The molecule has 2 N–H and O–H groups in total. The number of carbonyl (C=O) groups excluding carboxylic acids is 2. The molecular weight excluding hydrogens is 402 g/mol. The Bertz CT molecular complexity index is 979. The molecule has 10 nitrogen and oxygen atoms in total. The van der Waals surface area contributed by atoms with Crippen molar-refractivity contribution in [2.24, 2.45) is 7.05 Å². The van der Waals surface area contributed by atoms with E-state index >= 15 is 0 Å². The molecule has 2 heterocycles. The van der Waals surface area contributed by atoms with Crippen molar-refractivity contribution >= 4 is 23.6 Å². The average molecular weight is 431 g/mol. The Morgan fingerprint density at radius 3 is 2.45 bits per heavy atom. The van der Waals surface area contributed by atoms with Gasteiger partial charge in [-0.1, -0.05) is 0 Å². The Hall–Kier alpha value is -3.43. The van der Waals surface area contributed by atoms with Gasteiger partial charge in [0.25, 0.3) is 0 Å². The molecule has 3 amide bonds. The molecule has 31 heavy (non-hydrogen) atoms. The Morgan fingerprint density at radius 2 is 1.81 bits per heavy atom. The van der Waals surface area contributed by atoms with Crippen molar-refractivity contribution < 1.29 is 23.8 Å². The van der Waals surface area contributed by atoms with Crippen LogP contribution in [0.2, 0.25) is 0 Å². The molecule has 3 rings (SSSR count). The summed E-state index contributed by atoms with van der Waals surface area (Å²) in [5.41, 5.74) is 1.61. The molecule has 2 aromatic rings. The van der Waals surface area contributed by atoms with Crippen LogP contribution in [-0.2, 0) is 24.8 Å². The van der Waals surface area contributed by atoms with Gasteiger partial charge >= 0.3 is 12.1 Å². The number of fused-ring (bicyclic) bond motifs is 1. The van der Waals surface area contributed by atoms with Crippen molar-refractivity contribution in [3.8, 4) is 11.5 Å². The second kappa shape index (κ2) is 8.75. The predicted octanol–water partition coefficient (Wildman–Crippen LogP) is 3.37. The standard InChI is InChI=1S/C21H29N5O5/c1-21(2,3)31-20(28)26-10-9-15-14(12-26)18(25(4)24-15)23-19(27)22-13-7-8-16(29-5)17(11-13)30-6/h7-8,11H,9-10,12H2,1-6H3,(H2,22,23,27). The first-order valence-corrected chi connectivity index (χ1v) is 9.94. The number of nitrogens with one attached hydrogen (secondary N) is 2. The molecule has 1 aliphatic rings. The van der Waals surface area contributed by atoms with Crippen molar-refractivity contribution in [3.05, 3.63) is 29.5 Å². The van der Waals surface area contributed by atoms with E-state index < -0.39 is 11.6 Å². The van der Waals surface area contributed by atoms with Gasteiger partial charge in [0.1, 0.15) is 11.4 Å². The van der Waals surface area contributed by atoms with E-state index in [9.17, 15) is 9.59 Å². The van der Waals surface area contributed by atoms with Gasteiger partial charge in [-0.3, -0.25) is 10.00 Å². The fourth-order valence-corrected chi connectivity index (χ4v) is 3.32. The molecule has 0 aliphatic carbocycles. The highest BCUT2D eigenvalue weighted by Gasteiger charge is 2.30. The normalized spacial score (nSPS) is 13.3. The molecule has 1 aliphatic heterocycles. The van der Waals surface area contributed by atoms with Crippen LogP contribution in [0, 0.1) is 0 Å². The molecule has 0 unspecified atom stereocenters. The smallest absolute Gasteiger partial charge is 0.410 e. The lowest BCUT2D eigenvalue weighted by molar-refractivity contribution is 0.0224. The second-order valence-electron chi connectivity index (χ2n) is 8.20. The van der Waals surface area contributed by atoms with Crippen LogP contribution in [0.3, 0.4) is 0 Å². The van der Waals surface area contributed by atoms with Crippen LogP contribution >= 0.6 is 0 Å². The van der Waals surface area contributed by atoms with Gasteiger partial charge in [0, 0.05) is 37.3 Å². The first-order chi connectivity index (χ1) is 14.6. The second-order valence-corrected chi connectivity index (χ2v) is 8.20. The number of nitrogens with zero attached hydrogens (tertiary/aromatic N) is 3. The summed E-state index contributed by atoms with van der Waals surface area (Å²) in [6, 6.07) is 4.65. The minimum Gasteiger partial charge on any atom is -0.493 e. The maximum atomic E-state index is 12.6. The zero-order chi connectivity index (χ0) is 22.8. The molecule has 0 atom stereocenters. The van der Waals surface area contributed by atoms with Crippen molar-refractivity contribution in [3.63, 3.8) is 0 Å². The fraction of sp³-hybridized carbons (Fsp3) is 0.476. The summed E-state index contributed by atoms with van der Waals surface area (Å²) in [7, 11) is 4.83. The number of methoxy groups -OCH3 is 2. The highest BCUT2D eigenvalue weighted by Crippen LogP contribution is 2.30. The summed E-state index contributed by atoms with van der Waals surface area (Å²) in [6.45, 7) is 6.31. The van der Waals surface area contributed by atoms with Gasteiger partial charge in [-0.2, -0.15) is 5.10 Å². The summed E-state index contributed by atoms with van der Waals surface area (Å²) in [5.74, 6) is 1.60. The van der Waals surface area contributed by atoms with E-state index in [0.717, 1.165) is 11.3 Å². The van der Waals surface area contributed by atoms with E-state index in [1.165, 1.54) is 7.11 Å². The van der Waals surface area contributed by atoms with Crippen LogP contribution in [0.15, 0.2) is 18.2 Å². The van der Waals surface area contributed by atoms with Gasteiger partial charge in [-0.25, -0.2) is 9.59 Å². The lowest BCUT2D eigenvalue weighted by Gasteiger charge is -2.29. The fourth-order valence-electron chi connectivity index (χ4n) is 3.32. The predicted molar refractivity (Wildman–Crippen MR) is 116 cm³/mol. The third kappa shape index (κ3) is 5.19. The zero-order valence-corrected chi connectivity index (χ0v) is 18.7. The quantitative estimate of drug-likeness (QED) is 0.769. The van der Waals surface area contributed by atoms with Crippen LogP contribution in [0.25, 0.3) is 0 Å². The van der Waals surface area contributed by atoms with Crippen molar-refractivity contribution in [2.75, 3.05) is 31.4 Å². The van der Waals surface area contributed by atoms with Crippen LogP contribution in [-0.4, -0.2) is 53.2 Å². The summed E-state index contributed by atoms with van der Waals surface area (Å²) in [4.78, 5) is 26.7. The third-order valence-electron chi connectivity index (χ3n) is 4.72. The van der Waals surface area contributed by atoms with Crippen LogP contribution in [0.4, 0.5) is 21.1 Å². The number of amides is 3. The molecule has 168 valence electrons. The van der Waals surface area contributed by atoms with Crippen molar-refractivity contribution in [1.82, 2.24) is 14.7 Å². The highest BCUT2D eigenvalue weighted by molar-refractivity contribution is 6.00. The van der Waals surface area contributed by atoms with Gasteiger partial charge in [-0.15, -0.1) is 0 Å². The molecule has 0 saturated carbocycles. The number of anilines is 2. The van der Waals surface area contributed by atoms with E-state index in [1.54, 1.807) is 41.9 Å². The minimum atomic E-state index is -0.577. The topological polar surface area (TPSA) is 107 Å². The summed E-state index contributed by atoms with van der Waals surface area (Å²) < 4.78 is 17.6. The lowest BCUT2D eigenvalue weighted by atomic mass is 10.1. The number of aromatic nitrogens is 2. The molecular formula is C21H29N5O5. The first-order valence-electron chi connectivity index (χ1n) is 9.94. The molecule has 0 radical (unpaired) electrons. The number of ether oxygens (including phenoxy) is 3. The Balaban J connectivity index is 1.73. The van der Waals surface area contributed by atoms with Gasteiger partial charge < -0.3 is 24.4 Å². The lowest BCUT2D eigenvalue weighted by Crippen LogP contribution is -2.40. The third-order valence-corrected chi connectivity index (χ3v) is 4.72. The number of urea groups is 1. The number of benzene rings is 1. The Morgan fingerprint density at radius 1 is 1.10 bits per heavy atom. The van der Waals surface area contributed by atoms with E-state index in [4.69, 9.17) is 14.2 Å². The number of hydrogen-bond donors (Lipinski definition) is 2. The summed E-state index contributed by atoms with van der Waals surface area (Å²) >= 11 is 0. The zero-order valence-electron chi connectivity index (χ0n) is 18.7. The first kappa shape index (κ1) is 22.3. The Kier molecular flexibility index (Phi) is 6.28. The molecule has 0 saturated heterocycles. The summed E-state index contributed by atoms with van der Waals surface area (Å²) in [5, 5.41) is 10.1. The van der Waals surface area contributed by atoms with Gasteiger partial charge in [0.15, 0.2) is 11.5 Å². The Labute approximate surface area is 181 Å². The van der Waals surface area contributed by atoms with Crippen LogP contribution < -0.4 is 20.1 Å². The maximum Gasteiger partial charge on any atom is 0.410 e. The largest absolute Gasteiger partial charge is 0.493 e. The highest BCUT2D eigenvalue weighted by atomic mass is 16.6. The van der Waals surface area contributed by atoms with E-state index in [0.29, 0.717) is 42.5 Å². The van der Waals surface area contributed by atoms with E-state index in [-0.39, 0.29) is 6.09 Å². The molecule has 0 fully saturated rings. The van der Waals surface area contributed by atoms with Crippen molar-refractivity contribution in [1.29, 1.82) is 0 Å². The van der Waals surface area contributed by atoms with Crippen molar-refractivity contribution in [2.45, 2.75) is 39.3 Å². The van der Waals surface area contributed by atoms with Crippen LogP contribution in [0.5, 0.6) is 11.5 Å². The maximum absolute atomic E-state index is 12.6. The van der Waals surface area contributed by atoms with Gasteiger partial charge in [0.05, 0.1) is 26.5 Å². The van der Waals surface area contributed by atoms with Gasteiger partial charge in [0.2, 0.25) is 0 Å². The summed E-state index contributed by atoms with van der Waals surface area (Å²) in [6.07, 6.45) is 0.198. The van der Waals surface area contributed by atoms with Crippen LogP contribution in [0.1, 0.15) is 32.0 Å². The number of carbonyl (C=O) groups is 2. The monoisotopic (exact) mass is 431 g/mol. The number of hydrogen-bond acceptors (Lipinski definition) is 6. The van der Waals surface area contributed by atoms with E-state index in [1.807, 2.05) is 20.8 Å².